The van der Waals surface area contributed by atoms with Gasteiger partial charge in [0.2, 0.25) is 0 Å². The molecule has 136 valence electrons. The zero-order valence-electron chi connectivity index (χ0n) is 14.1. The largest absolute Gasteiger partial charge is 0.477 e. The van der Waals surface area contributed by atoms with Crippen LogP contribution in [0.4, 0.5) is 5.69 Å². The average molecular weight is 374 g/mol. The molecule has 0 spiro atoms. The molecule has 2 aromatic rings. The van der Waals surface area contributed by atoms with Crippen molar-refractivity contribution in [2.24, 2.45) is 0 Å². The second-order valence-corrected chi connectivity index (χ2v) is 6.64. The molecule has 0 saturated heterocycles. The van der Waals surface area contributed by atoms with Crippen molar-refractivity contribution in [3.8, 4) is 5.75 Å². The summed E-state index contributed by atoms with van der Waals surface area (Å²) in [5.74, 6) is -0.767. The van der Waals surface area contributed by atoms with Crippen molar-refractivity contribution in [3.05, 3.63) is 46.7 Å². The van der Waals surface area contributed by atoms with E-state index >= 15 is 0 Å². The summed E-state index contributed by atoms with van der Waals surface area (Å²) in [5.41, 5.74) is 0.548. The van der Waals surface area contributed by atoms with Gasteiger partial charge >= 0.3 is 5.97 Å². The van der Waals surface area contributed by atoms with Crippen LogP contribution in [0.1, 0.15) is 4.88 Å². The van der Waals surface area contributed by atoms with E-state index in [2.05, 4.69) is 5.32 Å². The molecule has 1 aliphatic heterocycles. The second-order valence-electron chi connectivity index (χ2n) is 5.61. The highest BCUT2D eigenvalue weighted by molar-refractivity contribution is 7.10. The summed E-state index contributed by atoms with van der Waals surface area (Å²) in [7, 11) is 1.50. The van der Waals surface area contributed by atoms with Gasteiger partial charge < -0.3 is 19.7 Å². The van der Waals surface area contributed by atoms with Crippen LogP contribution in [0.25, 0.3) is 0 Å². The number of benzene rings is 1. The predicted molar refractivity (Wildman–Crippen MR) is 96.3 cm³/mol. The summed E-state index contributed by atoms with van der Waals surface area (Å²) in [6, 6.07) is 10.6. The lowest BCUT2D eigenvalue weighted by molar-refractivity contribution is -0.147. The molecule has 0 radical (unpaired) electrons. The molecule has 0 fully saturated rings. The summed E-state index contributed by atoms with van der Waals surface area (Å²) >= 11 is 1.45. The lowest BCUT2D eigenvalue weighted by Gasteiger charge is -2.33. The molecule has 0 aliphatic carbocycles. The lowest BCUT2D eigenvalue weighted by Crippen LogP contribution is -2.51. The Morgan fingerprint density at radius 3 is 2.81 bits per heavy atom. The first-order chi connectivity index (χ1) is 12.6. The number of nitrogens with one attached hydrogen (secondary N) is 1. The third kappa shape index (κ3) is 4.02. The van der Waals surface area contributed by atoms with Crippen LogP contribution in [0.15, 0.2) is 41.8 Å². The number of hydrogen-bond donors (Lipinski definition) is 1. The van der Waals surface area contributed by atoms with E-state index in [1.54, 1.807) is 24.3 Å². The van der Waals surface area contributed by atoms with E-state index in [0.717, 1.165) is 4.88 Å². The van der Waals surface area contributed by atoms with Crippen LogP contribution < -0.4 is 15.0 Å². The molecule has 1 unspecified atom stereocenters. The third-order valence-electron chi connectivity index (χ3n) is 3.87. The van der Waals surface area contributed by atoms with Gasteiger partial charge in [-0.3, -0.25) is 14.4 Å². The van der Waals surface area contributed by atoms with Crippen LogP contribution in [0.2, 0.25) is 0 Å². The van der Waals surface area contributed by atoms with Gasteiger partial charge in [0, 0.05) is 11.9 Å². The molecular formula is C18H18N2O5S. The Labute approximate surface area is 154 Å². The molecule has 8 heteroatoms. The van der Waals surface area contributed by atoms with Crippen molar-refractivity contribution >= 4 is 34.8 Å². The van der Waals surface area contributed by atoms with E-state index in [9.17, 15) is 14.4 Å². The van der Waals surface area contributed by atoms with Crippen molar-refractivity contribution in [2.75, 3.05) is 25.1 Å². The Balaban J connectivity index is 1.67. The number of carbonyl (C=O) groups is 3. The van der Waals surface area contributed by atoms with Crippen LogP contribution in [0.3, 0.4) is 0 Å². The molecule has 1 aliphatic rings. The molecule has 26 heavy (non-hydrogen) atoms. The van der Waals surface area contributed by atoms with Gasteiger partial charge in [-0.2, -0.15) is 0 Å². The number of hydrogen-bond acceptors (Lipinski definition) is 6. The summed E-state index contributed by atoms with van der Waals surface area (Å²) in [6.07, 6.45) is -0.688. The summed E-state index contributed by atoms with van der Waals surface area (Å²) in [4.78, 5) is 38.7. The summed E-state index contributed by atoms with van der Waals surface area (Å²) in [5, 5.41) is 4.39. The van der Waals surface area contributed by atoms with Gasteiger partial charge in [-0.1, -0.05) is 18.2 Å². The van der Waals surface area contributed by atoms with Crippen molar-refractivity contribution in [3.63, 3.8) is 0 Å². The molecule has 1 atom stereocenters. The smallest absolute Gasteiger partial charge is 0.311 e. The minimum Gasteiger partial charge on any atom is -0.477 e. The van der Waals surface area contributed by atoms with Gasteiger partial charge in [0.15, 0.2) is 12.7 Å². The van der Waals surface area contributed by atoms with E-state index in [0.29, 0.717) is 11.4 Å². The van der Waals surface area contributed by atoms with Crippen molar-refractivity contribution in [2.45, 2.75) is 12.5 Å². The fourth-order valence-corrected chi connectivity index (χ4v) is 3.28. The van der Waals surface area contributed by atoms with Crippen LogP contribution in [-0.4, -0.2) is 44.1 Å². The van der Waals surface area contributed by atoms with E-state index in [1.807, 2.05) is 17.5 Å². The molecule has 1 N–H and O–H groups in total. The van der Waals surface area contributed by atoms with Crippen molar-refractivity contribution in [1.82, 2.24) is 5.32 Å². The molecule has 0 saturated carbocycles. The quantitative estimate of drug-likeness (QED) is 0.799. The Kier molecular flexibility index (Phi) is 5.52. The molecule has 0 bridgehead atoms. The maximum absolute atomic E-state index is 12.6. The topological polar surface area (TPSA) is 84.9 Å². The number of rotatable bonds is 5. The van der Waals surface area contributed by atoms with E-state index in [-0.39, 0.29) is 25.5 Å². The number of fused-ring (bicyclic) bond motifs is 1. The first-order valence-corrected chi connectivity index (χ1v) is 8.92. The number of anilines is 1. The number of likely N-dealkylation sites (N-methyl/N-ethyl adjacent to an activating group) is 1. The number of carbonyl (C=O) groups excluding carboxylic acids is 3. The molecule has 7 nitrogen and oxygen atoms in total. The van der Waals surface area contributed by atoms with E-state index in [1.165, 1.54) is 23.3 Å². The maximum Gasteiger partial charge on any atom is 0.311 e. The molecule has 3 rings (SSSR count). The maximum atomic E-state index is 12.6. The summed E-state index contributed by atoms with van der Waals surface area (Å²) in [6.45, 7) is -0.336. The fourth-order valence-electron chi connectivity index (χ4n) is 2.59. The minimum absolute atomic E-state index is 0.0536. The number of thiophene rings is 1. The summed E-state index contributed by atoms with van der Waals surface area (Å²) < 4.78 is 10.8. The zero-order chi connectivity index (χ0) is 18.5. The van der Waals surface area contributed by atoms with E-state index in [4.69, 9.17) is 9.47 Å². The number of esters is 1. The highest BCUT2D eigenvalue weighted by Crippen LogP contribution is 2.33. The Bertz CT molecular complexity index is 806. The Morgan fingerprint density at radius 1 is 1.27 bits per heavy atom. The average Bonchev–Trinajstić information content (AvgIpc) is 3.17. The first-order valence-electron chi connectivity index (χ1n) is 8.04. The van der Waals surface area contributed by atoms with Gasteiger partial charge in [-0.25, -0.2) is 0 Å². The first kappa shape index (κ1) is 17.9. The Morgan fingerprint density at radius 2 is 2.08 bits per heavy atom. The molecule has 1 aromatic heterocycles. The molecule has 2 heterocycles. The van der Waals surface area contributed by atoms with Gasteiger partial charge in [-0.05, 0) is 23.6 Å². The van der Waals surface area contributed by atoms with Gasteiger partial charge in [0.05, 0.1) is 18.7 Å². The van der Waals surface area contributed by atoms with Crippen molar-refractivity contribution < 1.29 is 23.9 Å². The van der Waals surface area contributed by atoms with Crippen molar-refractivity contribution in [1.29, 1.82) is 0 Å². The Hall–Kier alpha value is -2.87. The molecule has 1 aromatic carbocycles. The standard InChI is InChI=1S/C18H18N2O5S/c1-19-18(23)15-10-20(13-6-2-3-7-14(13)25-15)16(21)11-24-17(22)9-12-5-4-8-26-12/h2-8,15H,9-11H2,1H3,(H,19,23). The number of nitrogens with zero attached hydrogens (tertiary/aromatic N) is 1. The predicted octanol–water partition coefficient (Wildman–Crippen LogP) is 1.37. The number of para-hydroxylation sites is 2. The van der Waals surface area contributed by atoms with E-state index < -0.39 is 18.0 Å². The normalized spacial score (nSPS) is 15.6. The number of amides is 2. The van der Waals surface area contributed by atoms with Crippen LogP contribution in [0, 0.1) is 0 Å². The molecule has 2 amide bonds. The number of ether oxygens (including phenoxy) is 2. The van der Waals surface area contributed by atoms with Crippen LogP contribution in [0.5, 0.6) is 5.75 Å². The fraction of sp³-hybridized carbons (Fsp3) is 0.278. The van der Waals surface area contributed by atoms with Crippen LogP contribution >= 0.6 is 11.3 Å². The SMILES string of the molecule is CNC(=O)C1CN(C(=O)COC(=O)Cc2cccs2)c2ccccc2O1. The van der Waals surface area contributed by atoms with Gasteiger partial charge in [-0.15, -0.1) is 11.3 Å². The second kappa shape index (κ2) is 8.01. The highest BCUT2D eigenvalue weighted by Gasteiger charge is 2.33. The monoisotopic (exact) mass is 374 g/mol. The highest BCUT2D eigenvalue weighted by atomic mass is 32.1. The lowest BCUT2D eigenvalue weighted by atomic mass is 10.1. The molecular weight excluding hydrogens is 356 g/mol. The minimum atomic E-state index is -0.819. The van der Waals surface area contributed by atoms with Gasteiger partial charge in [0.25, 0.3) is 11.8 Å². The third-order valence-corrected chi connectivity index (χ3v) is 4.75. The zero-order valence-corrected chi connectivity index (χ0v) is 15.0. The van der Waals surface area contributed by atoms with Crippen LogP contribution in [-0.2, 0) is 25.5 Å². The van der Waals surface area contributed by atoms with Gasteiger partial charge in [0.1, 0.15) is 5.75 Å².